The summed E-state index contributed by atoms with van der Waals surface area (Å²) in [5.74, 6) is 0.383. The lowest BCUT2D eigenvalue weighted by Gasteiger charge is -2.29. The Bertz CT molecular complexity index is 425. The second-order valence-electron chi connectivity index (χ2n) is 5.59. The molecule has 0 amide bonds. The van der Waals surface area contributed by atoms with E-state index in [2.05, 4.69) is 18.2 Å². The molecule has 1 unspecified atom stereocenters. The van der Waals surface area contributed by atoms with Gasteiger partial charge in [0, 0.05) is 6.54 Å². The molecule has 17 heavy (non-hydrogen) atoms. The summed E-state index contributed by atoms with van der Waals surface area (Å²) >= 11 is 0. The predicted molar refractivity (Wildman–Crippen MR) is 68.8 cm³/mol. The average Bonchev–Trinajstić information content (AvgIpc) is 3.22. The smallest absolute Gasteiger partial charge is 0.105 e. The van der Waals surface area contributed by atoms with E-state index in [0.717, 1.165) is 24.8 Å². The van der Waals surface area contributed by atoms with Gasteiger partial charge in [0.25, 0.3) is 0 Å². The molecule has 0 bridgehead atoms. The first-order valence-corrected chi connectivity index (χ1v) is 6.79. The van der Waals surface area contributed by atoms with Crippen LogP contribution in [0.15, 0.2) is 18.2 Å². The Hall–Kier alpha value is -0.860. The zero-order valence-electron chi connectivity index (χ0n) is 10.3. The molecule has 0 aromatic heterocycles. The first-order chi connectivity index (χ1) is 8.24. The van der Waals surface area contributed by atoms with Crippen molar-refractivity contribution in [1.82, 2.24) is 0 Å². The van der Waals surface area contributed by atoms with E-state index in [0.29, 0.717) is 12.5 Å². The molecule has 2 heteroatoms. The van der Waals surface area contributed by atoms with Crippen LogP contribution in [-0.4, -0.2) is 11.7 Å². The molecule has 0 radical (unpaired) electrons. The fraction of sp³-hybridized carbons (Fsp3) is 0.600. The molecule has 1 aromatic rings. The van der Waals surface area contributed by atoms with Crippen LogP contribution in [0.4, 0.5) is 0 Å². The molecule has 1 fully saturated rings. The molecular formula is C15H21NO. The van der Waals surface area contributed by atoms with Crippen LogP contribution in [0.3, 0.4) is 0 Å². The highest BCUT2D eigenvalue weighted by molar-refractivity contribution is 5.37. The molecule has 1 aromatic carbocycles. The van der Waals surface area contributed by atoms with Crippen LogP contribution >= 0.6 is 0 Å². The van der Waals surface area contributed by atoms with Crippen molar-refractivity contribution >= 4 is 0 Å². The van der Waals surface area contributed by atoms with Crippen molar-refractivity contribution in [3.8, 4) is 0 Å². The van der Waals surface area contributed by atoms with Gasteiger partial charge in [0.2, 0.25) is 0 Å². The summed E-state index contributed by atoms with van der Waals surface area (Å²) in [7, 11) is 0. The van der Waals surface area contributed by atoms with Gasteiger partial charge in [-0.05, 0) is 61.1 Å². The molecule has 92 valence electrons. The lowest BCUT2D eigenvalue weighted by Crippen LogP contribution is -2.37. The Balaban J connectivity index is 1.97. The molecule has 1 saturated carbocycles. The number of nitrogens with two attached hydrogens (primary N) is 1. The number of fused-ring (bicyclic) bond motifs is 1. The number of rotatable bonds is 3. The first-order valence-electron chi connectivity index (χ1n) is 6.79. The summed E-state index contributed by atoms with van der Waals surface area (Å²) < 4.78 is 0. The summed E-state index contributed by atoms with van der Waals surface area (Å²) in [6.07, 6.45) is 7.17. The van der Waals surface area contributed by atoms with E-state index in [9.17, 15) is 5.11 Å². The van der Waals surface area contributed by atoms with Crippen LogP contribution < -0.4 is 5.73 Å². The molecular weight excluding hydrogens is 210 g/mol. The topological polar surface area (TPSA) is 46.2 Å². The molecule has 1 atom stereocenters. The largest absolute Gasteiger partial charge is 0.384 e. The maximum atomic E-state index is 10.7. The fourth-order valence-corrected chi connectivity index (χ4v) is 3.08. The molecule has 2 aliphatic rings. The summed E-state index contributed by atoms with van der Waals surface area (Å²) in [6.45, 7) is 0.344. The van der Waals surface area contributed by atoms with Gasteiger partial charge < -0.3 is 10.8 Å². The minimum absolute atomic E-state index is 0.344. The first kappa shape index (κ1) is 11.2. The number of aryl methyl sites for hydroxylation is 2. The van der Waals surface area contributed by atoms with Crippen molar-refractivity contribution in [1.29, 1.82) is 0 Å². The Morgan fingerprint density at radius 2 is 1.88 bits per heavy atom. The minimum Gasteiger partial charge on any atom is -0.384 e. The van der Waals surface area contributed by atoms with Gasteiger partial charge in [-0.25, -0.2) is 0 Å². The van der Waals surface area contributed by atoms with Gasteiger partial charge in [0.05, 0.1) is 0 Å². The van der Waals surface area contributed by atoms with Crippen LogP contribution in [0.2, 0.25) is 0 Å². The minimum atomic E-state index is -0.771. The zero-order valence-corrected chi connectivity index (χ0v) is 10.3. The van der Waals surface area contributed by atoms with Crippen LogP contribution in [0.25, 0.3) is 0 Å². The normalized spacial score (nSPS) is 22.9. The fourth-order valence-electron chi connectivity index (χ4n) is 3.08. The van der Waals surface area contributed by atoms with Crippen molar-refractivity contribution in [2.75, 3.05) is 6.54 Å². The lowest BCUT2D eigenvalue weighted by molar-refractivity contribution is 0.0221. The Labute approximate surface area is 103 Å². The summed E-state index contributed by atoms with van der Waals surface area (Å²) in [6, 6.07) is 6.50. The van der Waals surface area contributed by atoms with Crippen molar-refractivity contribution in [3.05, 3.63) is 34.9 Å². The van der Waals surface area contributed by atoms with E-state index < -0.39 is 5.60 Å². The summed E-state index contributed by atoms with van der Waals surface area (Å²) in [4.78, 5) is 0. The van der Waals surface area contributed by atoms with E-state index in [-0.39, 0.29) is 0 Å². The highest BCUT2D eigenvalue weighted by atomic mass is 16.3. The molecule has 0 heterocycles. The predicted octanol–water partition coefficient (Wildman–Crippen LogP) is 2.12. The Morgan fingerprint density at radius 3 is 2.53 bits per heavy atom. The van der Waals surface area contributed by atoms with Gasteiger partial charge in [-0.15, -0.1) is 0 Å². The second-order valence-corrected chi connectivity index (χ2v) is 5.59. The van der Waals surface area contributed by atoms with Gasteiger partial charge in [-0.3, -0.25) is 0 Å². The molecule has 0 aliphatic heterocycles. The van der Waals surface area contributed by atoms with Crippen molar-refractivity contribution in [2.24, 2.45) is 11.7 Å². The van der Waals surface area contributed by atoms with Crippen LogP contribution in [-0.2, 0) is 18.4 Å². The highest BCUT2D eigenvalue weighted by Gasteiger charge is 2.44. The standard InChI is InChI=1S/C15H21NO/c16-10-15(17,13-7-8-13)14-6-5-11-3-1-2-4-12(11)9-14/h5-6,9,13,17H,1-4,7-8,10,16H2. The van der Waals surface area contributed by atoms with E-state index >= 15 is 0 Å². The van der Waals surface area contributed by atoms with Crippen LogP contribution in [0, 0.1) is 5.92 Å². The van der Waals surface area contributed by atoms with E-state index in [1.54, 1.807) is 0 Å². The summed E-state index contributed by atoms with van der Waals surface area (Å²) in [5, 5.41) is 10.7. The SMILES string of the molecule is NCC(O)(c1ccc2c(c1)CCCC2)C1CC1. The highest BCUT2D eigenvalue weighted by Crippen LogP contribution is 2.45. The van der Waals surface area contributed by atoms with E-state index in [4.69, 9.17) is 5.73 Å². The van der Waals surface area contributed by atoms with Gasteiger partial charge in [-0.1, -0.05) is 18.2 Å². The van der Waals surface area contributed by atoms with Crippen LogP contribution in [0.5, 0.6) is 0 Å². The quantitative estimate of drug-likeness (QED) is 0.837. The van der Waals surface area contributed by atoms with Crippen LogP contribution in [0.1, 0.15) is 42.4 Å². The number of aliphatic hydroxyl groups is 1. The van der Waals surface area contributed by atoms with Crippen molar-refractivity contribution < 1.29 is 5.11 Å². The maximum absolute atomic E-state index is 10.7. The second kappa shape index (κ2) is 4.11. The number of hydrogen-bond acceptors (Lipinski definition) is 2. The molecule has 2 aliphatic carbocycles. The third-order valence-electron chi connectivity index (χ3n) is 4.41. The molecule has 3 N–H and O–H groups in total. The molecule has 2 nitrogen and oxygen atoms in total. The van der Waals surface area contributed by atoms with Gasteiger partial charge >= 0.3 is 0 Å². The van der Waals surface area contributed by atoms with E-state index in [1.807, 2.05) is 0 Å². The molecule has 0 spiro atoms. The molecule has 0 saturated heterocycles. The van der Waals surface area contributed by atoms with Crippen molar-refractivity contribution in [2.45, 2.75) is 44.1 Å². The number of benzene rings is 1. The Kier molecular flexibility index (Phi) is 2.72. The zero-order chi connectivity index (χ0) is 11.9. The van der Waals surface area contributed by atoms with Crippen molar-refractivity contribution in [3.63, 3.8) is 0 Å². The third kappa shape index (κ3) is 1.90. The van der Waals surface area contributed by atoms with Gasteiger partial charge in [-0.2, -0.15) is 0 Å². The monoisotopic (exact) mass is 231 g/mol. The van der Waals surface area contributed by atoms with E-state index in [1.165, 1.54) is 30.4 Å². The summed E-state index contributed by atoms with van der Waals surface area (Å²) in [5.41, 5.74) is 8.98. The van der Waals surface area contributed by atoms with Gasteiger partial charge in [0.1, 0.15) is 5.60 Å². The maximum Gasteiger partial charge on any atom is 0.105 e. The Morgan fingerprint density at radius 1 is 1.18 bits per heavy atom. The lowest BCUT2D eigenvalue weighted by atomic mass is 9.83. The third-order valence-corrected chi connectivity index (χ3v) is 4.41. The van der Waals surface area contributed by atoms with Gasteiger partial charge in [0.15, 0.2) is 0 Å². The number of hydrogen-bond donors (Lipinski definition) is 2. The average molecular weight is 231 g/mol. The molecule has 3 rings (SSSR count).